The number of guanidine groups is 1. The number of hydrogen-bond donors (Lipinski definition) is 3. The molecule has 1 aliphatic heterocycles. The topological polar surface area (TPSA) is 75.1 Å². The first-order valence-electron chi connectivity index (χ1n) is 10.4. The summed E-state index contributed by atoms with van der Waals surface area (Å²) in [4.78, 5) is 4.73. The first kappa shape index (κ1) is 26.0. The van der Waals surface area contributed by atoms with Crippen molar-refractivity contribution in [3.05, 3.63) is 29.3 Å². The number of aryl methyl sites for hydroxylation is 1. The van der Waals surface area contributed by atoms with Gasteiger partial charge in [0.1, 0.15) is 5.75 Å². The van der Waals surface area contributed by atoms with Crippen molar-refractivity contribution in [2.45, 2.75) is 47.1 Å². The molecule has 0 spiro atoms. The Labute approximate surface area is 192 Å². The van der Waals surface area contributed by atoms with Crippen molar-refractivity contribution in [1.82, 2.24) is 10.6 Å². The minimum atomic E-state index is -0.155. The van der Waals surface area contributed by atoms with Gasteiger partial charge in [-0.25, -0.2) is 4.99 Å². The van der Waals surface area contributed by atoms with E-state index in [2.05, 4.69) is 49.6 Å². The number of nitrogens with zero attached hydrogens (tertiary/aromatic N) is 1. The largest absolute Gasteiger partial charge is 0.493 e. The molecule has 2 atom stereocenters. The molecular weight excluding hydrogens is 481 g/mol. The highest BCUT2D eigenvalue weighted by molar-refractivity contribution is 14.0. The van der Waals surface area contributed by atoms with Crippen molar-refractivity contribution in [2.24, 2.45) is 16.3 Å². The number of hydrogen-bond acceptors (Lipinski definition) is 4. The first-order valence-corrected chi connectivity index (χ1v) is 10.4. The lowest BCUT2D eigenvalue weighted by Crippen LogP contribution is -2.43. The number of rotatable bonds is 10. The summed E-state index contributed by atoms with van der Waals surface area (Å²) in [6.07, 6.45) is 1.96. The molecule has 7 heteroatoms. The highest BCUT2D eigenvalue weighted by atomic mass is 127. The molecule has 29 heavy (non-hydrogen) atoms. The Kier molecular flexibility index (Phi) is 11.9. The molecule has 2 unspecified atom stereocenters. The van der Waals surface area contributed by atoms with Gasteiger partial charge in [-0.2, -0.15) is 0 Å². The van der Waals surface area contributed by atoms with Crippen LogP contribution in [0.25, 0.3) is 0 Å². The molecule has 0 aromatic heterocycles. The van der Waals surface area contributed by atoms with E-state index in [4.69, 9.17) is 14.5 Å². The average molecular weight is 519 g/mol. The summed E-state index contributed by atoms with van der Waals surface area (Å²) in [5.74, 6) is 2.13. The van der Waals surface area contributed by atoms with E-state index in [1.54, 1.807) is 0 Å². The molecule has 1 aromatic carbocycles. The number of ether oxygens (including phenoxy) is 2. The molecule has 1 saturated heterocycles. The van der Waals surface area contributed by atoms with Crippen molar-refractivity contribution >= 4 is 29.9 Å². The molecule has 0 aliphatic carbocycles. The zero-order valence-corrected chi connectivity index (χ0v) is 20.6. The van der Waals surface area contributed by atoms with Crippen LogP contribution >= 0.6 is 24.0 Å². The second kappa shape index (κ2) is 13.3. The van der Waals surface area contributed by atoms with E-state index in [0.29, 0.717) is 25.6 Å². The summed E-state index contributed by atoms with van der Waals surface area (Å²) in [6.45, 7) is 12.7. The van der Waals surface area contributed by atoms with E-state index in [9.17, 15) is 5.11 Å². The van der Waals surface area contributed by atoms with Crippen LogP contribution in [0.15, 0.2) is 23.2 Å². The van der Waals surface area contributed by atoms with Crippen LogP contribution in [-0.2, 0) is 11.3 Å². The van der Waals surface area contributed by atoms with Gasteiger partial charge in [-0.15, -0.1) is 24.0 Å². The Morgan fingerprint density at radius 1 is 1.34 bits per heavy atom. The Hall–Kier alpha value is -1.06. The normalized spacial score (nSPS) is 18.7. The van der Waals surface area contributed by atoms with Crippen LogP contribution in [0.2, 0.25) is 0 Å². The molecule has 3 N–H and O–H groups in total. The van der Waals surface area contributed by atoms with Crippen LogP contribution in [0.1, 0.15) is 44.7 Å². The van der Waals surface area contributed by atoms with Crippen molar-refractivity contribution in [2.75, 3.05) is 39.5 Å². The van der Waals surface area contributed by atoms with Gasteiger partial charge in [0.25, 0.3) is 0 Å². The van der Waals surface area contributed by atoms with E-state index in [1.807, 2.05) is 6.92 Å². The van der Waals surface area contributed by atoms with Crippen LogP contribution in [0, 0.1) is 18.3 Å². The quantitative estimate of drug-likeness (QED) is 0.251. The van der Waals surface area contributed by atoms with Crippen molar-refractivity contribution in [1.29, 1.82) is 0 Å². The van der Waals surface area contributed by atoms with Gasteiger partial charge < -0.3 is 25.2 Å². The summed E-state index contributed by atoms with van der Waals surface area (Å²) in [5, 5.41) is 16.3. The summed E-state index contributed by atoms with van der Waals surface area (Å²) in [7, 11) is 0. The lowest BCUT2D eigenvalue weighted by molar-refractivity contribution is 0.140. The highest BCUT2D eigenvalue weighted by Gasteiger charge is 2.21. The Morgan fingerprint density at radius 3 is 2.76 bits per heavy atom. The van der Waals surface area contributed by atoms with Gasteiger partial charge in [0.15, 0.2) is 5.96 Å². The molecule has 0 saturated carbocycles. The number of aliphatic hydroxyl groups excluding tert-OH is 1. The van der Waals surface area contributed by atoms with Crippen LogP contribution in [0.4, 0.5) is 0 Å². The van der Waals surface area contributed by atoms with Gasteiger partial charge >= 0.3 is 0 Å². The number of aliphatic hydroxyl groups is 1. The molecule has 0 amide bonds. The van der Waals surface area contributed by atoms with Crippen LogP contribution < -0.4 is 15.4 Å². The lowest BCUT2D eigenvalue weighted by atomic mass is 9.89. The number of nitrogens with one attached hydrogen (secondary N) is 2. The third kappa shape index (κ3) is 8.68. The van der Waals surface area contributed by atoms with Crippen LogP contribution in [0.5, 0.6) is 5.75 Å². The Balaban J connectivity index is 0.00000420. The Morgan fingerprint density at radius 2 is 2.14 bits per heavy atom. The minimum Gasteiger partial charge on any atom is -0.493 e. The predicted octanol–water partition coefficient (Wildman–Crippen LogP) is 3.49. The number of halogens is 1. The molecule has 6 nitrogen and oxygen atoms in total. The highest BCUT2D eigenvalue weighted by Crippen LogP contribution is 2.23. The summed E-state index contributed by atoms with van der Waals surface area (Å²) in [6, 6.07) is 6.27. The maximum atomic E-state index is 9.62. The van der Waals surface area contributed by atoms with Gasteiger partial charge in [0.05, 0.1) is 26.4 Å². The predicted molar refractivity (Wildman–Crippen MR) is 129 cm³/mol. The fourth-order valence-corrected chi connectivity index (χ4v) is 2.94. The maximum absolute atomic E-state index is 9.62. The third-order valence-electron chi connectivity index (χ3n) is 5.39. The molecule has 2 rings (SSSR count). The second-order valence-corrected chi connectivity index (χ2v) is 8.02. The molecule has 0 radical (unpaired) electrons. The van der Waals surface area contributed by atoms with Crippen LogP contribution in [-0.4, -0.2) is 50.6 Å². The van der Waals surface area contributed by atoms with E-state index >= 15 is 0 Å². The molecular formula is C22H38IN3O3. The smallest absolute Gasteiger partial charge is 0.191 e. The Bertz CT molecular complexity index is 630. The molecule has 1 fully saturated rings. The number of aliphatic imine (C=N–C) groups is 1. The van der Waals surface area contributed by atoms with Crippen molar-refractivity contribution in [3.63, 3.8) is 0 Å². The monoisotopic (exact) mass is 519 g/mol. The van der Waals surface area contributed by atoms with E-state index in [1.165, 1.54) is 5.56 Å². The standard InChI is InChI=1S/C22H37N3O3.HI/c1-5-22(4,16-26)15-25-21(23-6-2)24-12-19-8-7-17(3)11-20(19)28-14-18-9-10-27-13-18;/h7-8,11,18,26H,5-6,9-10,12-16H2,1-4H3,(H2,23,24,25);1H. The number of benzene rings is 1. The second-order valence-electron chi connectivity index (χ2n) is 8.02. The average Bonchev–Trinajstić information content (AvgIpc) is 3.23. The third-order valence-corrected chi connectivity index (χ3v) is 5.39. The zero-order chi connectivity index (χ0) is 20.4. The van der Waals surface area contributed by atoms with E-state index < -0.39 is 0 Å². The first-order chi connectivity index (χ1) is 13.5. The fourth-order valence-electron chi connectivity index (χ4n) is 2.94. The van der Waals surface area contributed by atoms with Gasteiger partial charge in [0, 0.05) is 36.6 Å². The van der Waals surface area contributed by atoms with Crippen molar-refractivity contribution < 1.29 is 14.6 Å². The van der Waals surface area contributed by atoms with Gasteiger partial charge in [-0.3, -0.25) is 0 Å². The molecule has 1 aromatic rings. The van der Waals surface area contributed by atoms with Gasteiger partial charge in [-0.1, -0.05) is 26.0 Å². The summed E-state index contributed by atoms with van der Waals surface area (Å²) in [5.41, 5.74) is 2.09. The molecule has 0 bridgehead atoms. The van der Waals surface area contributed by atoms with Crippen molar-refractivity contribution in [3.8, 4) is 5.75 Å². The van der Waals surface area contributed by atoms with E-state index in [0.717, 1.165) is 49.9 Å². The molecule has 166 valence electrons. The molecule has 1 heterocycles. The fraction of sp³-hybridized carbons (Fsp3) is 0.682. The zero-order valence-electron chi connectivity index (χ0n) is 18.3. The minimum absolute atomic E-state index is 0. The van der Waals surface area contributed by atoms with Gasteiger partial charge in [0.2, 0.25) is 0 Å². The maximum Gasteiger partial charge on any atom is 0.191 e. The molecule has 1 aliphatic rings. The summed E-state index contributed by atoms with van der Waals surface area (Å²) < 4.78 is 11.6. The van der Waals surface area contributed by atoms with Gasteiger partial charge in [-0.05, 0) is 38.3 Å². The van der Waals surface area contributed by atoms with E-state index in [-0.39, 0.29) is 36.0 Å². The summed E-state index contributed by atoms with van der Waals surface area (Å²) >= 11 is 0. The SMILES string of the molecule is CCNC(=NCc1ccc(C)cc1OCC1CCOC1)NCC(C)(CC)CO.I. The lowest BCUT2D eigenvalue weighted by Gasteiger charge is -2.27. The van der Waals surface area contributed by atoms with Crippen LogP contribution in [0.3, 0.4) is 0 Å².